The van der Waals surface area contributed by atoms with Crippen LogP contribution in [0.25, 0.3) is 5.82 Å². The van der Waals surface area contributed by atoms with Crippen molar-refractivity contribution in [1.82, 2.24) is 24.6 Å². The summed E-state index contributed by atoms with van der Waals surface area (Å²) in [6.07, 6.45) is 5.16. The van der Waals surface area contributed by atoms with E-state index < -0.39 is 5.97 Å². The summed E-state index contributed by atoms with van der Waals surface area (Å²) in [6.45, 7) is 2.31. The highest BCUT2D eigenvalue weighted by Crippen LogP contribution is 2.18. The van der Waals surface area contributed by atoms with E-state index in [1.165, 1.54) is 7.11 Å². The summed E-state index contributed by atoms with van der Waals surface area (Å²) in [6, 6.07) is 10.5. The molecule has 0 saturated carbocycles. The number of ether oxygens (including phenoxy) is 1. The van der Waals surface area contributed by atoms with Gasteiger partial charge in [0.1, 0.15) is 6.33 Å². The van der Waals surface area contributed by atoms with Crippen LogP contribution >= 0.6 is 0 Å². The SMILES string of the molecule is COC(=O)c1ccccc1C(=O)N1CCN(c2ccc(-n3ccnc3)nn2)CC1. The Morgan fingerprint density at radius 2 is 1.62 bits per heavy atom. The second-order valence-corrected chi connectivity index (χ2v) is 6.54. The maximum absolute atomic E-state index is 12.9. The van der Waals surface area contributed by atoms with Gasteiger partial charge in [-0.15, -0.1) is 10.2 Å². The molecule has 4 rings (SSSR count). The van der Waals surface area contributed by atoms with E-state index in [0.29, 0.717) is 37.6 Å². The molecule has 148 valence electrons. The maximum Gasteiger partial charge on any atom is 0.338 e. The van der Waals surface area contributed by atoms with Crippen LogP contribution in [0.4, 0.5) is 5.82 Å². The Labute approximate surface area is 167 Å². The molecule has 0 unspecified atom stereocenters. The molecule has 1 fully saturated rings. The Morgan fingerprint density at radius 3 is 2.24 bits per heavy atom. The third kappa shape index (κ3) is 3.79. The number of imidazole rings is 1. The highest BCUT2D eigenvalue weighted by molar-refractivity contribution is 6.05. The lowest BCUT2D eigenvalue weighted by atomic mass is 10.1. The monoisotopic (exact) mass is 392 g/mol. The number of anilines is 1. The minimum atomic E-state index is -0.513. The number of hydrogen-bond donors (Lipinski definition) is 0. The maximum atomic E-state index is 12.9. The van der Waals surface area contributed by atoms with Gasteiger partial charge in [-0.05, 0) is 24.3 Å². The van der Waals surface area contributed by atoms with E-state index in [1.54, 1.807) is 52.5 Å². The van der Waals surface area contributed by atoms with Crippen LogP contribution in [0.15, 0.2) is 55.1 Å². The standard InChI is InChI=1S/C20H20N6O3/c1-29-20(28)16-5-3-2-4-15(16)19(27)25-12-10-24(11-13-25)17-6-7-18(23-22-17)26-9-8-21-14-26/h2-9,14H,10-13H2,1H3. The molecule has 29 heavy (non-hydrogen) atoms. The number of rotatable bonds is 4. The first-order valence-electron chi connectivity index (χ1n) is 9.21. The van der Waals surface area contributed by atoms with Crippen LogP contribution in [0.3, 0.4) is 0 Å². The number of methoxy groups -OCH3 is 1. The Kier molecular flexibility index (Phi) is 5.19. The number of aromatic nitrogens is 4. The third-order valence-electron chi connectivity index (χ3n) is 4.86. The predicted octanol–water partition coefficient (Wildman–Crippen LogP) is 1.41. The molecule has 0 aliphatic carbocycles. The predicted molar refractivity (Wildman–Crippen MR) is 105 cm³/mol. The van der Waals surface area contributed by atoms with Crippen molar-refractivity contribution in [3.05, 3.63) is 66.2 Å². The summed E-state index contributed by atoms with van der Waals surface area (Å²) in [5, 5.41) is 8.54. The largest absolute Gasteiger partial charge is 0.465 e. The van der Waals surface area contributed by atoms with Crippen LogP contribution in [-0.4, -0.2) is 69.8 Å². The number of carbonyl (C=O) groups excluding carboxylic acids is 2. The van der Waals surface area contributed by atoms with E-state index in [1.807, 2.05) is 12.1 Å². The zero-order chi connectivity index (χ0) is 20.2. The summed E-state index contributed by atoms with van der Waals surface area (Å²) in [5.74, 6) is 0.767. The van der Waals surface area contributed by atoms with Crippen molar-refractivity contribution < 1.29 is 14.3 Å². The van der Waals surface area contributed by atoms with Gasteiger partial charge in [-0.25, -0.2) is 9.78 Å². The molecular weight excluding hydrogens is 372 g/mol. The van der Waals surface area contributed by atoms with Gasteiger partial charge in [0.2, 0.25) is 0 Å². The van der Waals surface area contributed by atoms with Crippen molar-refractivity contribution in [1.29, 1.82) is 0 Å². The lowest BCUT2D eigenvalue weighted by Gasteiger charge is -2.35. The summed E-state index contributed by atoms with van der Waals surface area (Å²) >= 11 is 0. The molecule has 0 atom stereocenters. The molecule has 1 amide bonds. The first kappa shape index (κ1) is 18.6. The number of hydrogen-bond acceptors (Lipinski definition) is 7. The fourth-order valence-corrected chi connectivity index (χ4v) is 3.29. The molecule has 0 radical (unpaired) electrons. The lowest BCUT2D eigenvalue weighted by molar-refractivity contribution is 0.0589. The highest BCUT2D eigenvalue weighted by atomic mass is 16.5. The molecule has 9 heteroatoms. The van der Waals surface area contributed by atoms with Crippen LogP contribution in [0, 0.1) is 0 Å². The third-order valence-corrected chi connectivity index (χ3v) is 4.86. The van der Waals surface area contributed by atoms with Gasteiger partial charge in [0.25, 0.3) is 5.91 Å². The topological polar surface area (TPSA) is 93.5 Å². The number of esters is 1. The van der Waals surface area contributed by atoms with Crippen LogP contribution in [-0.2, 0) is 4.74 Å². The summed E-state index contributed by atoms with van der Waals surface area (Å²) in [7, 11) is 1.31. The van der Waals surface area contributed by atoms with Crippen molar-refractivity contribution in [3.63, 3.8) is 0 Å². The first-order chi connectivity index (χ1) is 14.2. The van der Waals surface area contributed by atoms with Crippen molar-refractivity contribution in [2.45, 2.75) is 0 Å². The van der Waals surface area contributed by atoms with Crippen LogP contribution in [0.2, 0.25) is 0 Å². The fourth-order valence-electron chi connectivity index (χ4n) is 3.29. The minimum absolute atomic E-state index is 0.174. The lowest BCUT2D eigenvalue weighted by Crippen LogP contribution is -2.49. The van der Waals surface area contributed by atoms with E-state index in [4.69, 9.17) is 4.74 Å². The second-order valence-electron chi connectivity index (χ2n) is 6.54. The average molecular weight is 392 g/mol. The summed E-state index contributed by atoms with van der Waals surface area (Å²) < 4.78 is 6.57. The Balaban J connectivity index is 1.42. The molecule has 9 nitrogen and oxygen atoms in total. The van der Waals surface area contributed by atoms with E-state index in [2.05, 4.69) is 20.1 Å². The second kappa shape index (κ2) is 8.09. The van der Waals surface area contributed by atoms with E-state index in [9.17, 15) is 9.59 Å². The first-order valence-corrected chi connectivity index (χ1v) is 9.21. The van der Waals surface area contributed by atoms with Gasteiger partial charge in [-0.3, -0.25) is 9.36 Å². The van der Waals surface area contributed by atoms with Crippen molar-refractivity contribution >= 4 is 17.7 Å². The van der Waals surface area contributed by atoms with Gasteiger partial charge in [-0.1, -0.05) is 12.1 Å². The van der Waals surface area contributed by atoms with Crippen molar-refractivity contribution in [2.75, 3.05) is 38.2 Å². The van der Waals surface area contributed by atoms with Gasteiger partial charge in [0.15, 0.2) is 11.6 Å². The molecule has 2 aromatic heterocycles. The number of piperazine rings is 1. The van der Waals surface area contributed by atoms with E-state index in [-0.39, 0.29) is 11.5 Å². The molecule has 3 aromatic rings. The number of benzene rings is 1. The van der Waals surface area contributed by atoms with Gasteiger partial charge < -0.3 is 14.5 Å². The van der Waals surface area contributed by atoms with Crippen molar-refractivity contribution in [2.24, 2.45) is 0 Å². The molecule has 0 N–H and O–H groups in total. The molecule has 3 heterocycles. The molecule has 0 bridgehead atoms. The molecular formula is C20H20N6O3. The van der Waals surface area contributed by atoms with Gasteiger partial charge in [0.05, 0.1) is 18.2 Å². The smallest absolute Gasteiger partial charge is 0.338 e. The van der Waals surface area contributed by atoms with Gasteiger partial charge in [0, 0.05) is 38.6 Å². The Bertz CT molecular complexity index is 995. The fraction of sp³-hybridized carbons (Fsp3) is 0.250. The van der Waals surface area contributed by atoms with Gasteiger partial charge in [-0.2, -0.15) is 0 Å². The van der Waals surface area contributed by atoms with Crippen LogP contribution in [0.1, 0.15) is 20.7 Å². The Morgan fingerprint density at radius 1 is 0.931 bits per heavy atom. The molecule has 1 saturated heterocycles. The number of carbonyl (C=O) groups is 2. The normalized spacial score (nSPS) is 14.0. The van der Waals surface area contributed by atoms with Gasteiger partial charge >= 0.3 is 5.97 Å². The molecule has 0 spiro atoms. The molecule has 1 aliphatic heterocycles. The minimum Gasteiger partial charge on any atom is -0.465 e. The zero-order valence-electron chi connectivity index (χ0n) is 15.9. The van der Waals surface area contributed by atoms with Crippen LogP contribution < -0.4 is 4.90 Å². The van der Waals surface area contributed by atoms with Crippen molar-refractivity contribution in [3.8, 4) is 5.82 Å². The average Bonchev–Trinajstić information content (AvgIpc) is 3.33. The quantitative estimate of drug-likeness (QED) is 0.620. The zero-order valence-corrected chi connectivity index (χ0v) is 15.9. The van der Waals surface area contributed by atoms with E-state index in [0.717, 1.165) is 5.82 Å². The van der Waals surface area contributed by atoms with E-state index >= 15 is 0 Å². The number of amides is 1. The Hall–Kier alpha value is -3.75. The number of nitrogens with zero attached hydrogens (tertiary/aromatic N) is 6. The summed E-state index contributed by atoms with van der Waals surface area (Å²) in [4.78, 5) is 32.7. The molecule has 1 aliphatic rings. The van der Waals surface area contributed by atoms with Crippen LogP contribution in [0.5, 0.6) is 0 Å². The summed E-state index contributed by atoms with van der Waals surface area (Å²) in [5.41, 5.74) is 0.640. The highest BCUT2D eigenvalue weighted by Gasteiger charge is 2.26. The molecule has 1 aromatic carbocycles.